The van der Waals surface area contributed by atoms with Crippen molar-refractivity contribution in [2.75, 3.05) is 0 Å². The minimum absolute atomic E-state index is 0.464. The van der Waals surface area contributed by atoms with Crippen molar-refractivity contribution < 1.29 is 9.59 Å². The van der Waals surface area contributed by atoms with Crippen LogP contribution in [0.15, 0.2) is 35.5 Å². The van der Waals surface area contributed by atoms with Gasteiger partial charge < -0.3 is 10.1 Å². The fourth-order valence-electron chi connectivity index (χ4n) is 4.45. The average Bonchev–Trinajstić information content (AvgIpc) is 2.74. The van der Waals surface area contributed by atoms with Crippen molar-refractivity contribution in [3.63, 3.8) is 0 Å². The van der Waals surface area contributed by atoms with Gasteiger partial charge in [0.2, 0.25) is 0 Å². The van der Waals surface area contributed by atoms with Crippen molar-refractivity contribution in [1.82, 2.24) is 5.32 Å². The number of allylic oxidation sites excluding steroid dienone is 3. The van der Waals surface area contributed by atoms with Crippen molar-refractivity contribution in [3.8, 4) is 0 Å². The number of fused-ring (bicyclic) bond motifs is 2. The first-order valence-corrected chi connectivity index (χ1v) is 11.0. The van der Waals surface area contributed by atoms with E-state index in [1.807, 2.05) is 6.92 Å². The molecule has 3 unspecified atom stereocenters. The van der Waals surface area contributed by atoms with Gasteiger partial charge >= 0.3 is 0 Å². The molecule has 3 aliphatic carbocycles. The molecule has 1 N–H and O–H groups in total. The molecule has 0 aromatic heterocycles. The van der Waals surface area contributed by atoms with Crippen molar-refractivity contribution in [2.24, 2.45) is 5.92 Å². The van der Waals surface area contributed by atoms with Crippen LogP contribution in [0.4, 0.5) is 0 Å². The molecule has 150 valence electrons. The van der Waals surface area contributed by atoms with Gasteiger partial charge in [-0.15, -0.1) is 0 Å². The topological polar surface area (TPSA) is 46.2 Å². The number of rotatable bonds is 2. The maximum atomic E-state index is 10.5. The van der Waals surface area contributed by atoms with Crippen LogP contribution in [0, 0.1) is 5.92 Å². The highest BCUT2D eigenvalue weighted by Crippen LogP contribution is 2.38. The van der Waals surface area contributed by atoms with Crippen LogP contribution in [0.5, 0.6) is 0 Å². The van der Waals surface area contributed by atoms with Crippen LogP contribution in [0.2, 0.25) is 0 Å². The van der Waals surface area contributed by atoms with Crippen LogP contribution < -0.4 is 5.32 Å². The fourth-order valence-corrected chi connectivity index (χ4v) is 4.45. The summed E-state index contributed by atoms with van der Waals surface area (Å²) in [5, 5.41) is 3.86. The van der Waals surface area contributed by atoms with Gasteiger partial charge in [0.05, 0.1) is 0 Å². The summed E-state index contributed by atoms with van der Waals surface area (Å²) in [7, 11) is 0. The fraction of sp³-hybridized carbons (Fsp3) is 0.667. The Kier molecular flexibility index (Phi) is 9.75. The molecule has 0 bridgehead atoms. The Hall–Kier alpha value is -1.48. The summed E-state index contributed by atoms with van der Waals surface area (Å²) >= 11 is 0. The number of hydrogen-bond donors (Lipinski definition) is 1. The van der Waals surface area contributed by atoms with Crippen LogP contribution in [0.1, 0.15) is 84.5 Å². The van der Waals surface area contributed by atoms with Crippen LogP contribution in [-0.2, 0) is 9.59 Å². The van der Waals surface area contributed by atoms with E-state index < -0.39 is 0 Å². The number of aldehydes is 1. The second-order valence-corrected chi connectivity index (χ2v) is 7.90. The van der Waals surface area contributed by atoms with E-state index in [2.05, 4.69) is 36.5 Å². The molecule has 0 radical (unpaired) electrons. The number of nitrogens with one attached hydrogen (secondary N) is 1. The van der Waals surface area contributed by atoms with Gasteiger partial charge in [-0.2, -0.15) is 0 Å². The Morgan fingerprint density at radius 3 is 2.33 bits per heavy atom. The molecule has 0 aromatic carbocycles. The molecule has 27 heavy (non-hydrogen) atoms. The predicted octanol–water partition coefficient (Wildman–Crippen LogP) is 5.46. The second-order valence-electron chi connectivity index (χ2n) is 7.90. The summed E-state index contributed by atoms with van der Waals surface area (Å²) in [6.45, 7) is 4.11. The Balaban J connectivity index is 0.000000198. The maximum absolute atomic E-state index is 10.5. The summed E-state index contributed by atoms with van der Waals surface area (Å²) in [5.74, 6) is 1.10. The number of hydrogen-bond acceptors (Lipinski definition) is 3. The molecule has 4 rings (SSSR count). The number of Topliss-reactive ketones (excluding diaryl/α,β-unsaturated/α-hetero) is 1. The van der Waals surface area contributed by atoms with Crippen LogP contribution >= 0.6 is 0 Å². The van der Waals surface area contributed by atoms with Gasteiger partial charge in [0, 0.05) is 37.3 Å². The third-order valence-corrected chi connectivity index (χ3v) is 5.91. The highest BCUT2D eigenvalue weighted by atomic mass is 16.1. The summed E-state index contributed by atoms with van der Waals surface area (Å²) in [5.41, 5.74) is 3.35. The third-order valence-electron chi connectivity index (χ3n) is 5.91. The molecule has 3 heteroatoms. The zero-order valence-electron chi connectivity index (χ0n) is 17.2. The summed E-state index contributed by atoms with van der Waals surface area (Å²) in [6, 6.07) is 1.34. The largest absolute Gasteiger partial charge is 0.307 e. The number of carbonyl (C=O) groups excluding carboxylic acids is 2. The van der Waals surface area contributed by atoms with E-state index >= 15 is 0 Å². The normalized spacial score (nSPS) is 28.8. The molecule has 2 fully saturated rings. The Bertz CT molecular complexity index is 565. The molecule has 1 heterocycles. The van der Waals surface area contributed by atoms with Crippen LogP contribution in [0.3, 0.4) is 0 Å². The Morgan fingerprint density at radius 2 is 1.74 bits per heavy atom. The average molecular weight is 372 g/mol. The first-order chi connectivity index (χ1) is 13.2. The molecule has 0 saturated heterocycles. The second kappa shape index (κ2) is 12.1. The van der Waals surface area contributed by atoms with Gasteiger partial charge in [0.15, 0.2) is 0 Å². The summed E-state index contributed by atoms with van der Waals surface area (Å²) in [4.78, 5) is 19.6. The molecule has 3 atom stereocenters. The zero-order valence-corrected chi connectivity index (χ0v) is 17.2. The molecular weight excluding hydrogens is 334 g/mol. The van der Waals surface area contributed by atoms with E-state index in [1.54, 1.807) is 11.1 Å². The molecule has 0 spiro atoms. The van der Waals surface area contributed by atoms with E-state index in [0.29, 0.717) is 30.2 Å². The summed E-state index contributed by atoms with van der Waals surface area (Å²) < 4.78 is 0. The van der Waals surface area contributed by atoms with Gasteiger partial charge in [-0.25, -0.2) is 0 Å². The molecule has 1 aliphatic heterocycles. The standard InChI is InChI=1S/C15H21N.C6H10O.C3H6O/c1-2-14-12-8-4-3-7-11(12)13-9-5-6-10-15(13)16-14;7-6-4-2-1-3-5-6;1-2-3-4/h3-4,7-8,12,14-16H,2,5-6,9-10H2,1H3;1-5H2;3H,2H2,1H3. The van der Waals surface area contributed by atoms with Crippen molar-refractivity contribution in [2.45, 2.75) is 96.6 Å². The van der Waals surface area contributed by atoms with E-state index in [9.17, 15) is 9.59 Å². The van der Waals surface area contributed by atoms with Gasteiger partial charge in [0.1, 0.15) is 12.1 Å². The smallest absolute Gasteiger partial charge is 0.132 e. The minimum atomic E-state index is 0.464. The molecule has 0 amide bonds. The van der Waals surface area contributed by atoms with Gasteiger partial charge in [-0.05, 0) is 49.7 Å². The highest BCUT2D eigenvalue weighted by molar-refractivity contribution is 5.78. The quantitative estimate of drug-likeness (QED) is 0.655. The molecule has 2 saturated carbocycles. The van der Waals surface area contributed by atoms with Crippen molar-refractivity contribution >= 4 is 12.1 Å². The van der Waals surface area contributed by atoms with Crippen molar-refractivity contribution in [3.05, 3.63) is 35.5 Å². The highest BCUT2D eigenvalue weighted by Gasteiger charge is 2.34. The van der Waals surface area contributed by atoms with Gasteiger partial charge in [0.25, 0.3) is 0 Å². The minimum Gasteiger partial charge on any atom is -0.307 e. The van der Waals surface area contributed by atoms with E-state index in [0.717, 1.165) is 32.0 Å². The molecule has 4 aliphatic rings. The van der Waals surface area contributed by atoms with Gasteiger partial charge in [-0.3, -0.25) is 4.79 Å². The lowest BCUT2D eigenvalue weighted by atomic mass is 9.74. The lowest BCUT2D eigenvalue weighted by molar-refractivity contribution is -0.120. The summed E-state index contributed by atoms with van der Waals surface area (Å²) in [6.07, 6.45) is 22.6. The number of carbonyl (C=O) groups is 2. The SMILES string of the molecule is CCC1NC2CCCCC2=C2C=CC=CC21.CCC=O.O=C1CCCCC1. The van der Waals surface area contributed by atoms with Crippen molar-refractivity contribution in [1.29, 1.82) is 0 Å². The van der Waals surface area contributed by atoms with Crippen LogP contribution in [-0.4, -0.2) is 24.2 Å². The van der Waals surface area contributed by atoms with E-state index in [4.69, 9.17) is 0 Å². The molecule has 3 nitrogen and oxygen atoms in total. The maximum Gasteiger partial charge on any atom is 0.132 e. The predicted molar refractivity (Wildman–Crippen MR) is 113 cm³/mol. The monoisotopic (exact) mass is 371 g/mol. The Morgan fingerprint density at radius 1 is 1.04 bits per heavy atom. The first kappa shape index (κ1) is 21.8. The lowest BCUT2D eigenvalue weighted by Crippen LogP contribution is -2.49. The Labute approximate surface area is 165 Å². The zero-order chi connectivity index (χ0) is 19.5. The number of ketones is 1. The van der Waals surface area contributed by atoms with Crippen LogP contribution in [0.25, 0.3) is 0 Å². The molecular formula is C24H37NO2. The first-order valence-electron chi connectivity index (χ1n) is 11.0. The lowest BCUT2D eigenvalue weighted by Gasteiger charge is -2.42. The van der Waals surface area contributed by atoms with E-state index in [-0.39, 0.29) is 0 Å². The van der Waals surface area contributed by atoms with E-state index in [1.165, 1.54) is 38.5 Å². The molecule has 0 aromatic rings. The third kappa shape index (κ3) is 6.57. The van der Waals surface area contributed by atoms with Gasteiger partial charge in [-0.1, -0.05) is 51.0 Å².